The fourth-order valence-electron chi connectivity index (χ4n) is 1.70. The van der Waals surface area contributed by atoms with Gasteiger partial charge < -0.3 is 15.7 Å². The second kappa shape index (κ2) is 3.26. The molecule has 0 fully saturated rings. The van der Waals surface area contributed by atoms with E-state index in [0.717, 1.165) is 18.7 Å². The van der Waals surface area contributed by atoms with Gasteiger partial charge in [-0.25, -0.2) is 0 Å². The van der Waals surface area contributed by atoms with Crippen LogP contribution in [0.1, 0.15) is 5.56 Å². The topological polar surface area (TPSA) is 44.3 Å². The second-order valence-corrected chi connectivity index (χ2v) is 3.41. The largest absolute Gasteiger partial charge is 0.508 e. The highest BCUT2D eigenvalue weighted by molar-refractivity contribution is 5.56. The van der Waals surface area contributed by atoms with Crippen LogP contribution in [0.5, 0.6) is 5.75 Å². The van der Waals surface area contributed by atoms with Gasteiger partial charge in [-0.05, 0) is 37.2 Å². The molecule has 1 heterocycles. The Morgan fingerprint density at radius 2 is 2.38 bits per heavy atom. The van der Waals surface area contributed by atoms with Crippen molar-refractivity contribution in [3.05, 3.63) is 23.8 Å². The number of nitrogens with one attached hydrogen (secondary N) is 2. The second-order valence-electron chi connectivity index (χ2n) is 3.41. The highest BCUT2D eigenvalue weighted by Crippen LogP contribution is 2.25. The number of fused-ring (bicyclic) bond motifs is 1. The number of benzene rings is 1. The average molecular weight is 178 g/mol. The first-order valence-corrected chi connectivity index (χ1v) is 4.52. The Hall–Kier alpha value is -1.22. The van der Waals surface area contributed by atoms with E-state index in [2.05, 4.69) is 10.6 Å². The molecule has 3 N–H and O–H groups in total. The Labute approximate surface area is 77.8 Å². The van der Waals surface area contributed by atoms with Crippen molar-refractivity contribution in [1.82, 2.24) is 5.32 Å². The van der Waals surface area contributed by atoms with Gasteiger partial charge in [-0.3, -0.25) is 0 Å². The van der Waals surface area contributed by atoms with Crippen molar-refractivity contribution in [3.8, 4) is 5.75 Å². The van der Waals surface area contributed by atoms with E-state index in [-0.39, 0.29) is 0 Å². The molecular weight excluding hydrogens is 164 g/mol. The lowest BCUT2D eigenvalue weighted by molar-refractivity contribution is 0.473. The molecule has 13 heavy (non-hydrogen) atoms. The van der Waals surface area contributed by atoms with Gasteiger partial charge >= 0.3 is 0 Å². The summed E-state index contributed by atoms with van der Waals surface area (Å²) in [7, 11) is 1.96. The molecule has 0 aliphatic carbocycles. The molecule has 1 aliphatic heterocycles. The number of hydrogen-bond donors (Lipinski definition) is 3. The smallest absolute Gasteiger partial charge is 0.116 e. The molecule has 0 spiro atoms. The summed E-state index contributed by atoms with van der Waals surface area (Å²) < 4.78 is 0. The monoisotopic (exact) mass is 178 g/mol. The van der Waals surface area contributed by atoms with Crippen LogP contribution in [-0.4, -0.2) is 24.7 Å². The molecule has 1 atom stereocenters. The molecule has 2 rings (SSSR count). The van der Waals surface area contributed by atoms with Crippen molar-refractivity contribution in [2.75, 3.05) is 18.9 Å². The van der Waals surface area contributed by atoms with E-state index < -0.39 is 0 Å². The quantitative estimate of drug-likeness (QED) is 0.561. The molecule has 0 saturated heterocycles. The fraction of sp³-hybridized carbons (Fsp3) is 0.400. The van der Waals surface area contributed by atoms with Crippen molar-refractivity contribution in [2.45, 2.75) is 12.5 Å². The number of phenolic OH excluding ortho intramolecular Hbond substituents is 1. The number of hydrogen-bond acceptors (Lipinski definition) is 3. The van der Waals surface area contributed by atoms with Crippen molar-refractivity contribution in [2.24, 2.45) is 0 Å². The van der Waals surface area contributed by atoms with Gasteiger partial charge in [0, 0.05) is 18.3 Å². The van der Waals surface area contributed by atoms with Crippen molar-refractivity contribution < 1.29 is 5.11 Å². The highest BCUT2D eigenvalue weighted by Gasteiger charge is 2.16. The molecule has 1 aromatic rings. The molecule has 0 saturated carbocycles. The summed E-state index contributed by atoms with van der Waals surface area (Å²) >= 11 is 0. The molecule has 1 unspecified atom stereocenters. The molecule has 1 aliphatic rings. The lowest BCUT2D eigenvalue weighted by atomic mass is 10.00. The molecule has 0 aromatic heterocycles. The SMILES string of the molecule is CNC1CNc2ccc(O)cc2C1. The van der Waals surface area contributed by atoms with E-state index in [0.29, 0.717) is 11.8 Å². The molecule has 3 nitrogen and oxygen atoms in total. The maximum absolute atomic E-state index is 9.30. The van der Waals surface area contributed by atoms with E-state index in [1.807, 2.05) is 19.2 Å². The van der Waals surface area contributed by atoms with Gasteiger partial charge in [0.05, 0.1) is 0 Å². The Morgan fingerprint density at radius 3 is 3.15 bits per heavy atom. The Morgan fingerprint density at radius 1 is 1.54 bits per heavy atom. The maximum atomic E-state index is 9.30. The Bertz CT molecular complexity index is 312. The molecular formula is C10H14N2O. The lowest BCUT2D eigenvalue weighted by Gasteiger charge is -2.25. The minimum absolute atomic E-state index is 0.345. The third kappa shape index (κ3) is 1.60. The standard InChI is InChI=1S/C10H14N2O/c1-11-8-4-7-5-9(13)2-3-10(7)12-6-8/h2-3,5,8,11-13H,4,6H2,1H3. The summed E-state index contributed by atoms with van der Waals surface area (Å²) in [4.78, 5) is 0. The normalized spacial score (nSPS) is 20.5. The van der Waals surface area contributed by atoms with E-state index in [1.54, 1.807) is 6.07 Å². The highest BCUT2D eigenvalue weighted by atomic mass is 16.3. The number of phenols is 1. The summed E-state index contributed by atoms with van der Waals surface area (Å²) in [5.41, 5.74) is 2.33. The van der Waals surface area contributed by atoms with Gasteiger partial charge in [0.2, 0.25) is 0 Å². The van der Waals surface area contributed by atoms with Crippen LogP contribution in [0, 0.1) is 0 Å². The molecule has 3 heteroatoms. The van der Waals surface area contributed by atoms with Gasteiger partial charge in [-0.1, -0.05) is 0 Å². The molecule has 0 bridgehead atoms. The lowest BCUT2D eigenvalue weighted by Crippen LogP contribution is -2.37. The minimum Gasteiger partial charge on any atom is -0.508 e. The van der Waals surface area contributed by atoms with Crippen LogP contribution >= 0.6 is 0 Å². The fourth-order valence-corrected chi connectivity index (χ4v) is 1.70. The summed E-state index contributed by atoms with van der Waals surface area (Å²) in [5, 5.41) is 15.8. The summed E-state index contributed by atoms with van der Waals surface area (Å²) in [6.07, 6.45) is 0.979. The van der Waals surface area contributed by atoms with E-state index in [4.69, 9.17) is 0 Å². The first-order chi connectivity index (χ1) is 6.29. The van der Waals surface area contributed by atoms with Gasteiger partial charge in [-0.15, -0.1) is 0 Å². The van der Waals surface area contributed by atoms with Gasteiger partial charge in [0.25, 0.3) is 0 Å². The predicted octanol–water partition coefficient (Wildman–Crippen LogP) is 0.948. The van der Waals surface area contributed by atoms with Gasteiger partial charge in [0.15, 0.2) is 0 Å². The number of aromatic hydroxyl groups is 1. The first-order valence-electron chi connectivity index (χ1n) is 4.52. The third-order valence-corrected chi connectivity index (χ3v) is 2.50. The van der Waals surface area contributed by atoms with Crippen LogP contribution < -0.4 is 10.6 Å². The van der Waals surface area contributed by atoms with Gasteiger partial charge in [0.1, 0.15) is 5.75 Å². The van der Waals surface area contributed by atoms with Crippen LogP contribution in [-0.2, 0) is 6.42 Å². The van der Waals surface area contributed by atoms with Crippen LogP contribution in [0.3, 0.4) is 0 Å². The molecule has 1 aromatic carbocycles. The average Bonchev–Trinajstić information content (AvgIpc) is 2.16. The van der Waals surface area contributed by atoms with Crippen LogP contribution in [0.4, 0.5) is 5.69 Å². The summed E-state index contributed by atoms with van der Waals surface area (Å²) in [6.45, 7) is 0.953. The minimum atomic E-state index is 0.345. The third-order valence-electron chi connectivity index (χ3n) is 2.50. The zero-order chi connectivity index (χ0) is 9.26. The predicted molar refractivity (Wildman–Crippen MR) is 53.1 cm³/mol. The summed E-state index contributed by atoms with van der Waals surface area (Å²) in [5.74, 6) is 0.345. The zero-order valence-corrected chi connectivity index (χ0v) is 7.67. The van der Waals surface area contributed by atoms with Crippen molar-refractivity contribution >= 4 is 5.69 Å². The number of likely N-dealkylation sites (N-methyl/N-ethyl adjacent to an activating group) is 1. The van der Waals surface area contributed by atoms with Crippen molar-refractivity contribution in [1.29, 1.82) is 0 Å². The van der Waals surface area contributed by atoms with Crippen LogP contribution in [0.25, 0.3) is 0 Å². The zero-order valence-electron chi connectivity index (χ0n) is 7.67. The Balaban J connectivity index is 2.27. The molecule has 0 radical (unpaired) electrons. The summed E-state index contributed by atoms with van der Waals surface area (Å²) in [6, 6.07) is 5.93. The molecule has 70 valence electrons. The van der Waals surface area contributed by atoms with Crippen molar-refractivity contribution in [3.63, 3.8) is 0 Å². The number of rotatable bonds is 1. The first kappa shape index (κ1) is 8.38. The Kier molecular flexibility index (Phi) is 2.10. The van der Waals surface area contributed by atoms with E-state index >= 15 is 0 Å². The maximum Gasteiger partial charge on any atom is 0.116 e. The van der Waals surface area contributed by atoms with E-state index in [1.165, 1.54) is 5.56 Å². The number of anilines is 1. The molecule has 0 amide bonds. The van der Waals surface area contributed by atoms with Gasteiger partial charge in [-0.2, -0.15) is 0 Å². The van der Waals surface area contributed by atoms with E-state index in [9.17, 15) is 5.11 Å². The van der Waals surface area contributed by atoms with Crippen LogP contribution in [0.2, 0.25) is 0 Å². The van der Waals surface area contributed by atoms with Crippen LogP contribution in [0.15, 0.2) is 18.2 Å².